The maximum Gasteiger partial charge on any atom is 0.343 e. The van der Waals surface area contributed by atoms with Gasteiger partial charge in [0.15, 0.2) is 0 Å². The first-order valence-electron chi connectivity index (χ1n) is 8.93. The van der Waals surface area contributed by atoms with Gasteiger partial charge in [-0.3, -0.25) is 0 Å². The molecular weight excluding hydrogens is 316 g/mol. The molecule has 0 unspecified atom stereocenters. The summed E-state index contributed by atoms with van der Waals surface area (Å²) in [4.78, 5) is 12.1. The Balaban J connectivity index is 1.73. The fourth-order valence-corrected chi connectivity index (χ4v) is 2.44. The predicted molar refractivity (Wildman–Crippen MR) is 98.4 cm³/mol. The second-order valence-corrected chi connectivity index (χ2v) is 6.02. The molecule has 0 aliphatic rings. The number of esters is 1. The maximum atomic E-state index is 12.1. The van der Waals surface area contributed by atoms with Crippen LogP contribution in [-0.2, 0) is 0 Å². The van der Waals surface area contributed by atoms with Gasteiger partial charge in [0.1, 0.15) is 17.2 Å². The van der Waals surface area contributed by atoms with Gasteiger partial charge in [0.05, 0.1) is 12.2 Å². The molecule has 134 valence electrons. The maximum absolute atomic E-state index is 12.1. The normalized spacial score (nSPS) is 10.4. The Kier molecular flexibility index (Phi) is 7.83. The number of hydrogen-bond acceptors (Lipinski definition) is 4. The summed E-state index contributed by atoms with van der Waals surface area (Å²) in [5, 5.41) is 9.23. The minimum atomic E-state index is -0.437. The molecule has 0 saturated carbocycles. The highest BCUT2D eigenvalue weighted by Crippen LogP contribution is 2.19. The van der Waals surface area contributed by atoms with E-state index in [1.165, 1.54) is 44.2 Å². The lowest BCUT2D eigenvalue weighted by Crippen LogP contribution is -2.08. The van der Waals surface area contributed by atoms with Crippen molar-refractivity contribution in [2.75, 3.05) is 6.61 Å². The molecule has 0 heterocycles. The molecule has 1 N–H and O–H groups in total. The molecule has 4 nitrogen and oxygen atoms in total. The summed E-state index contributed by atoms with van der Waals surface area (Å²) in [6.07, 6.45) is 7.37. The zero-order valence-electron chi connectivity index (χ0n) is 14.7. The molecule has 0 amide bonds. The van der Waals surface area contributed by atoms with Crippen molar-refractivity contribution in [1.82, 2.24) is 0 Å². The van der Waals surface area contributed by atoms with Crippen molar-refractivity contribution < 1.29 is 19.4 Å². The van der Waals surface area contributed by atoms with E-state index >= 15 is 0 Å². The molecule has 2 rings (SSSR count). The van der Waals surface area contributed by atoms with Gasteiger partial charge in [-0.25, -0.2) is 4.79 Å². The number of benzene rings is 2. The summed E-state index contributed by atoms with van der Waals surface area (Å²) < 4.78 is 10.9. The van der Waals surface area contributed by atoms with Gasteiger partial charge < -0.3 is 14.6 Å². The topological polar surface area (TPSA) is 55.8 Å². The van der Waals surface area contributed by atoms with Crippen LogP contribution in [0.15, 0.2) is 48.5 Å². The highest BCUT2D eigenvalue weighted by molar-refractivity contribution is 5.91. The Labute approximate surface area is 149 Å². The lowest BCUT2D eigenvalue weighted by molar-refractivity contribution is 0.0734. The summed E-state index contributed by atoms with van der Waals surface area (Å²) >= 11 is 0. The number of ether oxygens (including phenoxy) is 2. The second kappa shape index (κ2) is 10.4. The zero-order chi connectivity index (χ0) is 17.9. The lowest BCUT2D eigenvalue weighted by atomic mass is 10.1. The predicted octanol–water partition coefficient (Wildman–Crippen LogP) is 5.35. The molecule has 0 spiro atoms. The number of hydrogen-bond donors (Lipinski definition) is 1. The van der Waals surface area contributed by atoms with Crippen molar-refractivity contribution in [3.05, 3.63) is 54.1 Å². The third-order valence-corrected chi connectivity index (χ3v) is 3.90. The van der Waals surface area contributed by atoms with Crippen molar-refractivity contribution >= 4 is 5.97 Å². The summed E-state index contributed by atoms with van der Waals surface area (Å²) in [6, 6.07) is 13.0. The summed E-state index contributed by atoms with van der Waals surface area (Å²) in [6.45, 7) is 2.91. The van der Waals surface area contributed by atoms with Crippen LogP contribution in [0.3, 0.4) is 0 Å². The zero-order valence-corrected chi connectivity index (χ0v) is 14.7. The number of carbonyl (C=O) groups excluding carboxylic acids is 1. The molecule has 0 aromatic heterocycles. The van der Waals surface area contributed by atoms with Crippen molar-refractivity contribution in [3.8, 4) is 17.2 Å². The first-order valence-corrected chi connectivity index (χ1v) is 8.93. The van der Waals surface area contributed by atoms with Crippen LogP contribution >= 0.6 is 0 Å². The van der Waals surface area contributed by atoms with Crippen LogP contribution < -0.4 is 9.47 Å². The molecule has 0 atom stereocenters. The average molecular weight is 342 g/mol. The van der Waals surface area contributed by atoms with Gasteiger partial charge in [-0.2, -0.15) is 0 Å². The quantitative estimate of drug-likeness (QED) is 0.359. The van der Waals surface area contributed by atoms with E-state index in [4.69, 9.17) is 9.47 Å². The molecule has 25 heavy (non-hydrogen) atoms. The molecule has 0 fully saturated rings. The van der Waals surface area contributed by atoms with Crippen molar-refractivity contribution in [2.24, 2.45) is 0 Å². The minimum absolute atomic E-state index is 0.131. The minimum Gasteiger partial charge on any atom is -0.508 e. The van der Waals surface area contributed by atoms with E-state index in [1.807, 2.05) is 0 Å². The molecule has 0 aliphatic carbocycles. The van der Waals surface area contributed by atoms with Crippen molar-refractivity contribution in [3.63, 3.8) is 0 Å². The molecular formula is C21H26O4. The van der Waals surface area contributed by atoms with Gasteiger partial charge >= 0.3 is 5.97 Å². The molecule has 0 saturated heterocycles. The van der Waals surface area contributed by atoms with E-state index in [9.17, 15) is 9.90 Å². The van der Waals surface area contributed by atoms with Crippen LogP contribution in [0.25, 0.3) is 0 Å². The number of phenols is 1. The smallest absolute Gasteiger partial charge is 0.343 e. The van der Waals surface area contributed by atoms with Gasteiger partial charge in [0.2, 0.25) is 0 Å². The Bertz CT molecular complexity index is 632. The summed E-state index contributed by atoms with van der Waals surface area (Å²) in [5.74, 6) is 0.848. The van der Waals surface area contributed by atoms with E-state index in [0.717, 1.165) is 12.2 Å². The fourth-order valence-electron chi connectivity index (χ4n) is 2.44. The summed E-state index contributed by atoms with van der Waals surface area (Å²) in [7, 11) is 0. The first-order chi connectivity index (χ1) is 12.2. The van der Waals surface area contributed by atoms with Crippen LogP contribution in [0.5, 0.6) is 17.2 Å². The van der Waals surface area contributed by atoms with Crippen LogP contribution in [0.4, 0.5) is 0 Å². The van der Waals surface area contributed by atoms with Gasteiger partial charge in [0, 0.05) is 0 Å². The van der Waals surface area contributed by atoms with Crippen molar-refractivity contribution in [2.45, 2.75) is 45.4 Å². The van der Waals surface area contributed by atoms with Gasteiger partial charge in [-0.1, -0.05) is 39.0 Å². The Morgan fingerprint density at radius 1 is 0.840 bits per heavy atom. The molecule has 0 bridgehead atoms. The highest BCUT2D eigenvalue weighted by atomic mass is 16.5. The van der Waals surface area contributed by atoms with E-state index in [0.29, 0.717) is 17.9 Å². The Morgan fingerprint density at radius 3 is 2.12 bits per heavy atom. The number of aromatic hydroxyl groups is 1. The van der Waals surface area contributed by atoms with E-state index < -0.39 is 5.97 Å². The number of phenolic OH excluding ortho intramolecular Hbond substituents is 1. The van der Waals surface area contributed by atoms with Crippen LogP contribution in [-0.4, -0.2) is 17.7 Å². The molecule has 0 aliphatic heterocycles. The molecule has 0 radical (unpaired) electrons. The van der Waals surface area contributed by atoms with Gasteiger partial charge in [0.25, 0.3) is 0 Å². The Morgan fingerprint density at radius 2 is 1.44 bits per heavy atom. The van der Waals surface area contributed by atoms with E-state index in [-0.39, 0.29) is 5.75 Å². The van der Waals surface area contributed by atoms with E-state index in [2.05, 4.69) is 6.92 Å². The first kappa shape index (κ1) is 18.8. The third-order valence-electron chi connectivity index (χ3n) is 3.90. The lowest BCUT2D eigenvalue weighted by Gasteiger charge is -2.08. The monoisotopic (exact) mass is 342 g/mol. The largest absolute Gasteiger partial charge is 0.508 e. The van der Waals surface area contributed by atoms with Crippen LogP contribution in [0, 0.1) is 0 Å². The molecule has 4 heteroatoms. The standard InChI is InChI=1S/C21H26O4/c1-2-3-4-5-6-7-16-24-19-12-8-17(9-13-19)21(23)25-20-14-10-18(22)11-15-20/h8-15,22H,2-7,16H2,1H3. The van der Waals surface area contributed by atoms with Gasteiger partial charge in [-0.15, -0.1) is 0 Å². The SMILES string of the molecule is CCCCCCCCOc1ccc(C(=O)Oc2ccc(O)cc2)cc1. The fraction of sp³-hybridized carbons (Fsp3) is 0.381. The number of carbonyl (C=O) groups is 1. The second-order valence-electron chi connectivity index (χ2n) is 6.02. The van der Waals surface area contributed by atoms with Crippen LogP contribution in [0.1, 0.15) is 55.8 Å². The summed E-state index contributed by atoms with van der Waals surface area (Å²) in [5.41, 5.74) is 0.458. The third kappa shape index (κ3) is 6.87. The molecule has 2 aromatic rings. The van der Waals surface area contributed by atoms with Crippen LogP contribution in [0.2, 0.25) is 0 Å². The highest BCUT2D eigenvalue weighted by Gasteiger charge is 2.08. The van der Waals surface area contributed by atoms with Crippen molar-refractivity contribution in [1.29, 1.82) is 0 Å². The number of rotatable bonds is 10. The van der Waals surface area contributed by atoms with E-state index in [1.54, 1.807) is 36.4 Å². The average Bonchev–Trinajstić information content (AvgIpc) is 2.63. The van der Waals surface area contributed by atoms with Gasteiger partial charge in [-0.05, 0) is 55.0 Å². The number of unbranched alkanes of at least 4 members (excludes halogenated alkanes) is 5. The Hall–Kier alpha value is -2.49. The molecule has 2 aromatic carbocycles.